The summed E-state index contributed by atoms with van der Waals surface area (Å²) in [4.78, 5) is 30.7. The molecule has 178 valence electrons. The van der Waals surface area contributed by atoms with Crippen LogP contribution in [0.3, 0.4) is 0 Å². The first-order valence-electron chi connectivity index (χ1n) is 10.9. The van der Waals surface area contributed by atoms with Crippen molar-refractivity contribution in [2.45, 2.75) is 0 Å². The van der Waals surface area contributed by atoms with Gasteiger partial charge in [0.1, 0.15) is 17.3 Å². The molecule has 1 amide bonds. The van der Waals surface area contributed by atoms with Crippen LogP contribution in [0, 0.1) is 10.1 Å². The monoisotopic (exact) mass is 497 g/mol. The number of nitro benzene ring substituents is 1. The maximum absolute atomic E-state index is 13.4. The van der Waals surface area contributed by atoms with Crippen LogP contribution in [-0.2, 0) is 4.79 Å². The van der Waals surface area contributed by atoms with Crippen molar-refractivity contribution >= 4 is 46.0 Å². The lowest BCUT2D eigenvalue weighted by atomic mass is 10.1. The average molecular weight is 498 g/mol. The van der Waals surface area contributed by atoms with Crippen molar-refractivity contribution in [3.8, 4) is 17.1 Å². The highest BCUT2D eigenvalue weighted by atomic mass is 32.2. The van der Waals surface area contributed by atoms with Gasteiger partial charge in [0.15, 0.2) is 5.17 Å². The third-order valence-electron chi connectivity index (χ3n) is 5.36. The van der Waals surface area contributed by atoms with Crippen molar-refractivity contribution in [2.24, 2.45) is 4.99 Å². The van der Waals surface area contributed by atoms with Gasteiger partial charge in [-0.05, 0) is 54.2 Å². The van der Waals surface area contributed by atoms with Crippen LogP contribution in [0.25, 0.3) is 17.4 Å². The van der Waals surface area contributed by atoms with E-state index in [0.717, 1.165) is 5.69 Å². The lowest BCUT2D eigenvalue weighted by Crippen LogP contribution is -2.28. The average Bonchev–Trinajstić information content (AvgIpc) is 3.49. The SMILES string of the molecule is COc1cc([N+](=O)[O-])ccc1-c1ccc(/C=C2\SC(=Nc3ccccc3)N(c3ccccc3)C2=O)o1. The van der Waals surface area contributed by atoms with E-state index in [9.17, 15) is 14.9 Å². The van der Waals surface area contributed by atoms with E-state index in [0.29, 0.717) is 38.6 Å². The lowest BCUT2D eigenvalue weighted by Gasteiger charge is -2.15. The van der Waals surface area contributed by atoms with E-state index in [-0.39, 0.29) is 11.6 Å². The van der Waals surface area contributed by atoms with Crippen LogP contribution in [0.4, 0.5) is 17.1 Å². The molecule has 1 saturated heterocycles. The molecule has 9 heteroatoms. The Hall–Kier alpha value is -4.63. The third kappa shape index (κ3) is 4.64. The van der Waals surface area contributed by atoms with Gasteiger partial charge in [-0.15, -0.1) is 0 Å². The molecule has 2 heterocycles. The van der Waals surface area contributed by atoms with E-state index in [4.69, 9.17) is 14.1 Å². The molecule has 1 aromatic heterocycles. The number of carbonyl (C=O) groups is 1. The van der Waals surface area contributed by atoms with Gasteiger partial charge < -0.3 is 9.15 Å². The largest absolute Gasteiger partial charge is 0.496 e. The second-order valence-corrected chi connectivity index (χ2v) is 8.67. The molecular weight excluding hydrogens is 478 g/mol. The minimum atomic E-state index is -0.486. The van der Waals surface area contributed by atoms with Gasteiger partial charge in [-0.2, -0.15) is 0 Å². The second-order valence-electron chi connectivity index (χ2n) is 7.66. The van der Waals surface area contributed by atoms with Gasteiger partial charge in [0, 0.05) is 12.1 Å². The molecule has 1 fully saturated rings. The fourth-order valence-corrected chi connectivity index (χ4v) is 4.65. The van der Waals surface area contributed by atoms with Gasteiger partial charge in [-0.3, -0.25) is 19.8 Å². The zero-order valence-corrected chi connectivity index (χ0v) is 19.8. The zero-order chi connectivity index (χ0) is 25.1. The fraction of sp³-hybridized carbons (Fsp3) is 0.0370. The summed E-state index contributed by atoms with van der Waals surface area (Å²) in [6.07, 6.45) is 1.66. The molecule has 0 unspecified atom stereocenters. The van der Waals surface area contributed by atoms with E-state index < -0.39 is 4.92 Å². The standard InChI is InChI=1S/C27H19N3O5S/c1-34-24-16-20(30(32)33)12-14-22(24)23-15-13-21(35-23)17-25-26(31)29(19-10-6-3-7-11-19)27(36-25)28-18-8-4-2-5-9-18/h2-17H,1H3/b25-17-,28-27?. The van der Waals surface area contributed by atoms with Gasteiger partial charge in [-0.1, -0.05) is 36.4 Å². The molecule has 0 saturated carbocycles. The molecule has 0 atom stereocenters. The van der Waals surface area contributed by atoms with Crippen LogP contribution < -0.4 is 9.64 Å². The van der Waals surface area contributed by atoms with E-state index in [2.05, 4.69) is 0 Å². The second kappa shape index (κ2) is 9.93. The molecule has 36 heavy (non-hydrogen) atoms. The molecule has 0 spiro atoms. The highest BCUT2D eigenvalue weighted by molar-refractivity contribution is 8.19. The molecule has 0 radical (unpaired) electrons. The Morgan fingerprint density at radius 3 is 2.42 bits per heavy atom. The maximum Gasteiger partial charge on any atom is 0.273 e. The van der Waals surface area contributed by atoms with Crippen molar-refractivity contribution in [3.63, 3.8) is 0 Å². The summed E-state index contributed by atoms with van der Waals surface area (Å²) in [5, 5.41) is 11.6. The van der Waals surface area contributed by atoms with Crippen molar-refractivity contribution in [1.82, 2.24) is 0 Å². The number of furan rings is 1. The minimum Gasteiger partial charge on any atom is -0.496 e. The Balaban J connectivity index is 1.49. The number of rotatable bonds is 6. The van der Waals surface area contributed by atoms with Gasteiger partial charge in [-0.25, -0.2) is 4.99 Å². The molecular formula is C27H19N3O5S. The molecule has 3 aromatic carbocycles. The number of thioether (sulfide) groups is 1. The van der Waals surface area contributed by atoms with Crippen LogP contribution in [0.2, 0.25) is 0 Å². The summed E-state index contributed by atoms with van der Waals surface area (Å²) in [5.41, 5.74) is 1.93. The normalized spacial score (nSPS) is 15.6. The van der Waals surface area contributed by atoms with Crippen LogP contribution in [0.5, 0.6) is 5.75 Å². The van der Waals surface area contributed by atoms with Gasteiger partial charge in [0.2, 0.25) is 0 Å². The van der Waals surface area contributed by atoms with Crippen LogP contribution >= 0.6 is 11.8 Å². The smallest absolute Gasteiger partial charge is 0.273 e. The molecule has 5 rings (SSSR count). The van der Waals surface area contributed by atoms with E-state index in [1.807, 2.05) is 60.7 Å². The van der Waals surface area contributed by atoms with Crippen LogP contribution in [-0.4, -0.2) is 23.1 Å². The molecule has 1 aliphatic heterocycles. The molecule has 4 aromatic rings. The fourth-order valence-electron chi connectivity index (χ4n) is 3.67. The number of methoxy groups -OCH3 is 1. The van der Waals surface area contributed by atoms with Crippen molar-refractivity contribution in [1.29, 1.82) is 0 Å². The number of hydrogen-bond acceptors (Lipinski definition) is 7. The predicted molar refractivity (Wildman–Crippen MR) is 140 cm³/mol. The Morgan fingerprint density at radius 2 is 1.72 bits per heavy atom. The zero-order valence-electron chi connectivity index (χ0n) is 19.0. The molecule has 1 aliphatic rings. The molecule has 0 bridgehead atoms. The van der Waals surface area contributed by atoms with Gasteiger partial charge in [0.25, 0.3) is 11.6 Å². The number of hydrogen-bond donors (Lipinski definition) is 0. The third-order valence-corrected chi connectivity index (χ3v) is 6.33. The number of nitro groups is 1. The summed E-state index contributed by atoms with van der Waals surface area (Å²) >= 11 is 1.26. The molecule has 8 nitrogen and oxygen atoms in total. The first-order valence-corrected chi connectivity index (χ1v) is 11.7. The molecule has 0 N–H and O–H groups in total. The number of nitrogens with zero attached hydrogens (tertiary/aromatic N) is 3. The topological polar surface area (TPSA) is 98.2 Å². The Bertz CT molecular complexity index is 1500. The first-order chi connectivity index (χ1) is 17.5. The van der Waals surface area contributed by atoms with Crippen LogP contribution in [0.15, 0.2) is 105 Å². The number of para-hydroxylation sites is 2. The highest BCUT2D eigenvalue weighted by Gasteiger charge is 2.35. The summed E-state index contributed by atoms with van der Waals surface area (Å²) in [6.45, 7) is 0. The minimum absolute atomic E-state index is 0.0799. The maximum atomic E-state index is 13.4. The van der Waals surface area contributed by atoms with E-state index in [1.165, 1.54) is 31.0 Å². The molecule has 0 aliphatic carbocycles. The Labute approximate surface area is 210 Å². The van der Waals surface area contributed by atoms with E-state index >= 15 is 0 Å². The number of amides is 1. The quantitative estimate of drug-likeness (QED) is 0.168. The Kier molecular flexibility index (Phi) is 6.38. The first kappa shape index (κ1) is 23.1. The number of carbonyl (C=O) groups excluding carboxylic acids is 1. The predicted octanol–water partition coefficient (Wildman–Crippen LogP) is 6.67. The van der Waals surface area contributed by atoms with Gasteiger partial charge >= 0.3 is 0 Å². The number of anilines is 1. The number of benzene rings is 3. The summed E-state index contributed by atoms with van der Waals surface area (Å²) in [7, 11) is 1.44. The number of non-ortho nitro benzene ring substituents is 1. The van der Waals surface area contributed by atoms with Gasteiger partial charge in [0.05, 0.1) is 39.9 Å². The summed E-state index contributed by atoms with van der Waals surface area (Å²) in [5.74, 6) is 1.01. The number of aliphatic imine (C=N–C) groups is 1. The number of ether oxygens (including phenoxy) is 1. The highest BCUT2D eigenvalue weighted by Crippen LogP contribution is 2.39. The van der Waals surface area contributed by atoms with Crippen molar-refractivity contribution in [3.05, 3.63) is 112 Å². The van der Waals surface area contributed by atoms with Crippen LogP contribution in [0.1, 0.15) is 5.76 Å². The summed E-state index contributed by atoms with van der Waals surface area (Å²) in [6, 6.07) is 26.5. The lowest BCUT2D eigenvalue weighted by molar-refractivity contribution is -0.384. The van der Waals surface area contributed by atoms with Crippen molar-refractivity contribution < 1.29 is 18.9 Å². The van der Waals surface area contributed by atoms with Crippen molar-refractivity contribution in [2.75, 3.05) is 12.0 Å². The Morgan fingerprint density at radius 1 is 1.00 bits per heavy atom. The number of amidine groups is 1. The summed E-state index contributed by atoms with van der Waals surface area (Å²) < 4.78 is 11.3. The van der Waals surface area contributed by atoms with E-state index in [1.54, 1.807) is 29.2 Å².